The van der Waals surface area contributed by atoms with Crippen molar-refractivity contribution in [3.63, 3.8) is 0 Å². The molecule has 2 N–H and O–H groups in total. The van der Waals surface area contributed by atoms with Crippen LogP contribution in [0.2, 0.25) is 5.02 Å². The van der Waals surface area contributed by atoms with Gasteiger partial charge in [0.15, 0.2) is 11.6 Å². The Hall–Kier alpha value is -2.64. The first-order chi connectivity index (χ1) is 11.5. The van der Waals surface area contributed by atoms with Gasteiger partial charge >= 0.3 is 0 Å². The first kappa shape index (κ1) is 16.2. The summed E-state index contributed by atoms with van der Waals surface area (Å²) >= 11 is 5.82. The van der Waals surface area contributed by atoms with E-state index in [1.165, 1.54) is 18.2 Å². The van der Waals surface area contributed by atoms with Gasteiger partial charge in [0.1, 0.15) is 0 Å². The van der Waals surface area contributed by atoms with Crippen LogP contribution in [0.25, 0.3) is 0 Å². The largest absolute Gasteiger partial charge is 0.339 e. The molecule has 0 amide bonds. The van der Waals surface area contributed by atoms with E-state index in [1.807, 2.05) is 30.3 Å². The normalized spacial score (nSPS) is 11.0. The van der Waals surface area contributed by atoms with Crippen molar-refractivity contribution in [3.05, 3.63) is 71.8 Å². The van der Waals surface area contributed by atoms with Gasteiger partial charge in [-0.2, -0.15) is 0 Å². The lowest BCUT2D eigenvalue weighted by Crippen LogP contribution is -2.14. The number of anilines is 3. The summed E-state index contributed by atoms with van der Waals surface area (Å²) in [6, 6.07) is 18.6. The molecule has 0 spiro atoms. The van der Waals surface area contributed by atoms with Gasteiger partial charge in [-0.3, -0.25) is 4.72 Å². The molecule has 0 aliphatic carbocycles. The van der Waals surface area contributed by atoms with Gasteiger partial charge in [-0.25, -0.2) is 8.42 Å². The van der Waals surface area contributed by atoms with E-state index in [0.717, 1.165) is 5.69 Å². The van der Waals surface area contributed by atoms with Crippen LogP contribution < -0.4 is 10.0 Å². The smallest absolute Gasteiger partial charge is 0.263 e. The highest BCUT2D eigenvalue weighted by Gasteiger charge is 2.15. The SMILES string of the molecule is O=S(=O)(Nc1ccc(Nc2ccccc2)nn1)c1cccc(Cl)c1. The highest BCUT2D eigenvalue weighted by atomic mass is 35.5. The van der Waals surface area contributed by atoms with E-state index in [2.05, 4.69) is 20.2 Å². The van der Waals surface area contributed by atoms with Crippen LogP contribution in [0.1, 0.15) is 0 Å². The number of nitrogens with one attached hydrogen (secondary N) is 2. The third-order valence-corrected chi connectivity index (χ3v) is 4.64. The molecule has 0 saturated carbocycles. The maximum absolute atomic E-state index is 12.3. The summed E-state index contributed by atoms with van der Waals surface area (Å²) < 4.78 is 26.9. The van der Waals surface area contributed by atoms with Crippen molar-refractivity contribution >= 4 is 38.9 Å². The van der Waals surface area contributed by atoms with Gasteiger partial charge in [0.05, 0.1) is 4.90 Å². The molecule has 0 fully saturated rings. The monoisotopic (exact) mass is 360 g/mol. The number of rotatable bonds is 5. The van der Waals surface area contributed by atoms with Gasteiger partial charge < -0.3 is 5.32 Å². The number of nitrogens with zero attached hydrogens (tertiary/aromatic N) is 2. The molecular formula is C16H13ClN4O2S. The minimum absolute atomic E-state index is 0.0586. The second-order valence-corrected chi connectivity index (χ2v) is 6.98. The quantitative estimate of drug-likeness (QED) is 0.725. The molecule has 0 unspecified atom stereocenters. The van der Waals surface area contributed by atoms with Crippen molar-refractivity contribution < 1.29 is 8.42 Å². The van der Waals surface area contributed by atoms with Gasteiger partial charge in [0, 0.05) is 10.7 Å². The van der Waals surface area contributed by atoms with E-state index in [1.54, 1.807) is 18.2 Å². The van der Waals surface area contributed by atoms with E-state index in [9.17, 15) is 8.42 Å². The number of aromatic nitrogens is 2. The summed E-state index contributed by atoms with van der Waals surface area (Å²) in [4.78, 5) is 0.0586. The van der Waals surface area contributed by atoms with Gasteiger partial charge in [-0.1, -0.05) is 35.9 Å². The predicted octanol–water partition coefficient (Wildman–Crippen LogP) is 3.67. The van der Waals surface area contributed by atoms with Gasteiger partial charge in [0.2, 0.25) is 0 Å². The predicted molar refractivity (Wildman–Crippen MR) is 94.0 cm³/mol. The number of benzene rings is 2. The average molecular weight is 361 g/mol. The molecule has 3 rings (SSSR count). The molecule has 0 bridgehead atoms. The lowest BCUT2D eigenvalue weighted by atomic mass is 10.3. The first-order valence-corrected chi connectivity index (χ1v) is 8.83. The Bertz CT molecular complexity index is 932. The van der Waals surface area contributed by atoms with Crippen LogP contribution in [0.4, 0.5) is 17.3 Å². The van der Waals surface area contributed by atoms with Gasteiger partial charge in [-0.05, 0) is 42.5 Å². The Balaban J connectivity index is 1.74. The lowest BCUT2D eigenvalue weighted by molar-refractivity contribution is 0.601. The topological polar surface area (TPSA) is 84.0 Å². The Kier molecular flexibility index (Phi) is 4.64. The number of halogens is 1. The zero-order valence-corrected chi connectivity index (χ0v) is 13.9. The number of sulfonamides is 1. The molecule has 1 aromatic heterocycles. The fraction of sp³-hybridized carbons (Fsp3) is 0. The molecule has 0 atom stereocenters. The zero-order chi connectivity index (χ0) is 17.0. The molecule has 3 aromatic rings. The molecule has 0 saturated heterocycles. The van der Waals surface area contributed by atoms with Crippen LogP contribution in [0.15, 0.2) is 71.6 Å². The average Bonchev–Trinajstić information content (AvgIpc) is 2.57. The fourth-order valence-corrected chi connectivity index (χ4v) is 3.25. The second kappa shape index (κ2) is 6.86. The maximum Gasteiger partial charge on any atom is 0.263 e. The molecule has 0 radical (unpaired) electrons. The Labute approximate surface area is 144 Å². The van der Waals surface area contributed by atoms with Crippen LogP contribution in [0.3, 0.4) is 0 Å². The fourth-order valence-electron chi connectivity index (χ4n) is 1.95. The van der Waals surface area contributed by atoms with Crippen LogP contribution in [0, 0.1) is 0 Å². The summed E-state index contributed by atoms with van der Waals surface area (Å²) in [6.07, 6.45) is 0. The number of hydrogen-bond donors (Lipinski definition) is 2. The number of hydrogen-bond acceptors (Lipinski definition) is 5. The molecule has 6 nitrogen and oxygen atoms in total. The molecule has 122 valence electrons. The lowest BCUT2D eigenvalue weighted by Gasteiger charge is -2.08. The second-order valence-electron chi connectivity index (χ2n) is 4.86. The zero-order valence-electron chi connectivity index (χ0n) is 12.3. The van der Waals surface area contributed by atoms with E-state index in [4.69, 9.17) is 11.6 Å². The van der Waals surface area contributed by atoms with Crippen molar-refractivity contribution in [2.45, 2.75) is 4.90 Å². The molecule has 24 heavy (non-hydrogen) atoms. The van der Waals surface area contributed by atoms with Crippen LogP contribution in [-0.4, -0.2) is 18.6 Å². The minimum Gasteiger partial charge on any atom is -0.339 e. The number of para-hydroxylation sites is 1. The summed E-state index contributed by atoms with van der Waals surface area (Å²) in [5, 5.41) is 11.2. The molecule has 0 aliphatic rings. The third kappa shape index (κ3) is 4.01. The third-order valence-electron chi connectivity index (χ3n) is 3.06. The molecule has 8 heteroatoms. The van der Waals surface area contributed by atoms with E-state index < -0.39 is 10.0 Å². The van der Waals surface area contributed by atoms with Gasteiger partial charge in [-0.15, -0.1) is 10.2 Å². The van der Waals surface area contributed by atoms with Crippen molar-refractivity contribution in [2.75, 3.05) is 10.0 Å². The summed E-state index contributed by atoms with van der Waals surface area (Å²) in [5.74, 6) is 0.625. The van der Waals surface area contributed by atoms with Crippen LogP contribution in [-0.2, 0) is 10.0 Å². The van der Waals surface area contributed by atoms with E-state index >= 15 is 0 Å². The van der Waals surface area contributed by atoms with Crippen LogP contribution in [0.5, 0.6) is 0 Å². The Morgan fingerprint density at radius 1 is 0.833 bits per heavy atom. The summed E-state index contributed by atoms with van der Waals surface area (Å²) in [6.45, 7) is 0. The highest BCUT2D eigenvalue weighted by molar-refractivity contribution is 7.92. The van der Waals surface area contributed by atoms with Crippen LogP contribution >= 0.6 is 11.6 Å². The first-order valence-electron chi connectivity index (χ1n) is 6.97. The highest BCUT2D eigenvalue weighted by Crippen LogP contribution is 2.19. The van der Waals surface area contributed by atoms with Crippen molar-refractivity contribution in [3.8, 4) is 0 Å². The minimum atomic E-state index is -3.76. The standard InChI is InChI=1S/C16H13ClN4O2S/c17-12-5-4-8-14(11-12)24(22,23)21-16-10-9-15(19-20-16)18-13-6-2-1-3-7-13/h1-11H,(H,18,19)(H,20,21). The van der Waals surface area contributed by atoms with Crippen molar-refractivity contribution in [1.82, 2.24) is 10.2 Å². The van der Waals surface area contributed by atoms with Crippen molar-refractivity contribution in [1.29, 1.82) is 0 Å². The van der Waals surface area contributed by atoms with Gasteiger partial charge in [0.25, 0.3) is 10.0 Å². The maximum atomic E-state index is 12.3. The summed E-state index contributed by atoms with van der Waals surface area (Å²) in [7, 11) is -3.76. The molecular weight excluding hydrogens is 348 g/mol. The van der Waals surface area contributed by atoms with Crippen molar-refractivity contribution in [2.24, 2.45) is 0 Å². The summed E-state index contributed by atoms with van der Waals surface area (Å²) in [5.41, 5.74) is 0.860. The van der Waals surface area contributed by atoms with E-state index in [-0.39, 0.29) is 10.7 Å². The molecule has 0 aliphatic heterocycles. The molecule has 2 aromatic carbocycles. The Morgan fingerprint density at radius 3 is 2.21 bits per heavy atom. The van der Waals surface area contributed by atoms with E-state index in [0.29, 0.717) is 10.8 Å². The molecule has 1 heterocycles. The Morgan fingerprint density at radius 2 is 1.54 bits per heavy atom.